The zero-order chi connectivity index (χ0) is 31.7. The molecule has 0 saturated carbocycles. The van der Waals surface area contributed by atoms with Gasteiger partial charge >= 0.3 is 30.3 Å². The number of rotatable bonds is 9. The number of halogens is 10. The van der Waals surface area contributed by atoms with Crippen LogP contribution in [0.5, 0.6) is 0 Å². The largest absolute Gasteiger partial charge is 0.453 e. The van der Waals surface area contributed by atoms with Crippen LogP contribution >= 0.6 is 0 Å². The fraction of sp³-hybridized carbons (Fsp3) is 0.458. The summed E-state index contributed by atoms with van der Waals surface area (Å²) in [5.74, 6) is -0.299. The van der Waals surface area contributed by atoms with Crippen molar-refractivity contribution in [1.29, 1.82) is 0 Å². The van der Waals surface area contributed by atoms with Gasteiger partial charge in [0.05, 0.1) is 29.6 Å². The number of hydrogen-bond donors (Lipinski definition) is 3. The minimum atomic E-state index is -6.62. The summed E-state index contributed by atoms with van der Waals surface area (Å²) in [7, 11) is 4.43. The molecule has 0 saturated heterocycles. The maximum absolute atomic E-state index is 15.4. The van der Waals surface area contributed by atoms with Gasteiger partial charge in [0.1, 0.15) is 5.56 Å². The van der Waals surface area contributed by atoms with Crippen LogP contribution in [-0.4, -0.2) is 72.6 Å². The molecule has 2 heterocycles. The third-order valence-electron chi connectivity index (χ3n) is 6.07. The Morgan fingerprint density at radius 3 is 2.19 bits per heavy atom. The average Bonchev–Trinajstić information content (AvgIpc) is 3.29. The Kier molecular flexibility index (Phi) is 9.19. The van der Waals surface area contributed by atoms with E-state index < -0.39 is 69.3 Å². The average molecular weight is 618 g/mol. The van der Waals surface area contributed by atoms with E-state index in [4.69, 9.17) is 0 Å². The van der Waals surface area contributed by atoms with E-state index in [1.54, 1.807) is 5.32 Å². The van der Waals surface area contributed by atoms with Crippen LogP contribution in [0.2, 0.25) is 0 Å². The number of aromatic amines is 1. The lowest BCUT2D eigenvalue weighted by atomic mass is 9.89. The van der Waals surface area contributed by atoms with Gasteiger partial charge in [-0.25, -0.2) is 19.2 Å². The Balaban J connectivity index is 2.26. The summed E-state index contributed by atoms with van der Waals surface area (Å²) >= 11 is 0. The smallest absolute Gasteiger partial charge is 0.436 e. The number of nitrogens with zero attached hydrogens (tertiary/aromatic N) is 3. The van der Waals surface area contributed by atoms with Crippen LogP contribution in [-0.2, 0) is 16.6 Å². The van der Waals surface area contributed by atoms with Crippen molar-refractivity contribution in [3.63, 3.8) is 0 Å². The van der Waals surface area contributed by atoms with E-state index >= 15 is 4.39 Å². The Bertz CT molecular complexity index is 1400. The van der Waals surface area contributed by atoms with Crippen molar-refractivity contribution in [2.24, 2.45) is 0 Å². The van der Waals surface area contributed by atoms with Crippen LogP contribution in [0.15, 0.2) is 24.5 Å². The number of unbranched alkanes of at least 4 members (excludes halogenated alkanes) is 1. The van der Waals surface area contributed by atoms with Crippen molar-refractivity contribution in [1.82, 2.24) is 19.9 Å². The topological polar surface area (TPSA) is 95.2 Å². The number of benzene rings is 1. The summed E-state index contributed by atoms with van der Waals surface area (Å²) in [6.45, 7) is 0.956. The van der Waals surface area contributed by atoms with Crippen molar-refractivity contribution in [3.05, 3.63) is 35.7 Å². The van der Waals surface area contributed by atoms with Gasteiger partial charge in [0.25, 0.3) is 0 Å². The number of hydrogen-bond acceptors (Lipinski definition) is 6. The molecule has 2 aromatic heterocycles. The summed E-state index contributed by atoms with van der Waals surface area (Å²) in [5, 5.41) is 3.64. The number of fused-ring (bicyclic) bond motifs is 1. The van der Waals surface area contributed by atoms with Crippen LogP contribution in [0.3, 0.4) is 0 Å². The van der Waals surface area contributed by atoms with E-state index in [0.29, 0.717) is 31.3 Å². The van der Waals surface area contributed by atoms with Crippen molar-refractivity contribution < 1.29 is 53.4 Å². The second kappa shape index (κ2) is 11.8. The first kappa shape index (κ1) is 32.7. The molecule has 0 radical (unpaired) electrons. The Morgan fingerprint density at radius 1 is 1.00 bits per heavy atom. The second-order valence-corrected chi connectivity index (χ2v) is 9.27. The number of carbonyl (C=O) groups excluding carboxylic acids is 1. The minimum absolute atomic E-state index is 0.237. The van der Waals surface area contributed by atoms with Gasteiger partial charge in [-0.1, -0.05) is 6.07 Å². The zero-order valence-corrected chi connectivity index (χ0v) is 22.1. The first-order chi connectivity index (χ1) is 19.3. The van der Waals surface area contributed by atoms with Crippen LogP contribution in [0.4, 0.5) is 60.3 Å². The lowest BCUT2D eigenvalue weighted by molar-refractivity contribution is -0.348. The van der Waals surface area contributed by atoms with E-state index in [0.717, 1.165) is 19.7 Å². The highest BCUT2D eigenvalue weighted by atomic mass is 19.4. The Labute approximate surface area is 231 Å². The quantitative estimate of drug-likeness (QED) is 0.179. The fourth-order valence-corrected chi connectivity index (χ4v) is 4.10. The van der Waals surface area contributed by atoms with Gasteiger partial charge in [0.2, 0.25) is 5.95 Å². The van der Waals surface area contributed by atoms with Crippen molar-refractivity contribution in [3.8, 4) is 11.3 Å². The number of anilines is 2. The molecule has 3 rings (SSSR count). The molecule has 42 heavy (non-hydrogen) atoms. The van der Waals surface area contributed by atoms with Gasteiger partial charge in [0, 0.05) is 29.9 Å². The molecule has 0 fully saturated rings. The zero-order valence-electron chi connectivity index (χ0n) is 22.1. The number of ether oxygens (including phenoxy) is 1. The van der Waals surface area contributed by atoms with Gasteiger partial charge < -0.3 is 19.9 Å². The number of aromatic nitrogens is 3. The van der Waals surface area contributed by atoms with Gasteiger partial charge in [-0.2, -0.15) is 39.5 Å². The highest BCUT2D eigenvalue weighted by molar-refractivity contribution is 6.01. The Morgan fingerprint density at radius 2 is 1.64 bits per heavy atom. The molecular formula is C24H24F10N6O2. The van der Waals surface area contributed by atoms with Crippen molar-refractivity contribution in [2.45, 2.75) is 37.0 Å². The molecule has 18 heteroatoms. The highest BCUT2D eigenvalue weighted by Gasteiger charge is 2.75. The Hall–Kier alpha value is -3.83. The summed E-state index contributed by atoms with van der Waals surface area (Å²) in [5.41, 5.74) is -13.7. The molecule has 3 N–H and O–H groups in total. The number of carbonyl (C=O) groups is 1. The van der Waals surface area contributed by atoms with Gasteiger partial charge in [-0.15, -0.1) is 0 Å². The first-order valence-electron chi connectivity index (χ1n) is 12.0. The van der Waals surface area contributed by atoms with E-state index in [9.17, 15) is 44.3 Å². The lowest BCUT2D eigenvalue weighted by Gasteiger charge is -2.32. The predicted molar refractivity (Wildman–Crippen MR) is 132 cm³/mol. The number of alkyl halides is 10. The summed E-state index contributed by atoms with van der Waals surface area (Å²) in [6.07, 6.45) is -17.5. The molecule has 1 amide bonds. The first-order valence-corrected chi connectivity index (χ1v) is 12.0. The van der Waals surface area contributed by atoms with Crippen LogP contribution in [0, 0.1) is 0 Å². The maximum atomic E-state index is 15.4. The van der Waals surface area contributed by atoms with Gasteiger partial charge in [-0.3, -0.25) is 5.32 Å². The monoisotopic (exact) mass is 618 g/mol. The second-order valence-electron chi connectivity index (χ2n) is 9.27. The molecule has 0 aliphatic carbocycles. The molecule has 0 spiro atoms. The van der Waals surface area contributed by atoms with Crippen molar-refractivity contribution >= 4 is 28.6 Å². The van der Waals surface area contributed by atoms with E-state index in [1.165, 1.54) is 0 Å². The number of methoxy groups -OCH3 is 1. The van der Waals surface area contributed by atoms with Crippen molar-refractivity contribution in [2.75, 3.05) is 44.9 Å². The van der Waals surface area contributed by atoms with Crippen LogP contribution in [0.1, 0.15) is 24.0 Å². The molecule has 0 bridgehead atoms. The number of H-pyrrole nitrogens is 1. The minimum Gasteiger partial charge on any atom is -0.453 e. The van der Waals surface area contributed by atoms with Crippen LogP contribution in [0.25, 0.3) is 22.2 Å². The van der Waals surface area contributed by atoms with Gasteiger partial charge in [0.15, 0.2) is 0 Å². The predicted octanol–water partition coefficient (Wildman–Crippen LogP) is 6.87. The van der Waals surface area contributed by atoms with Crippen LogP contribution < -0.4 is 10.6 Å². The molecule has 0 atom stereocenters. The van der Waals surface area contributed by atoms with E-state index in [1.807, 2.05) is 24.0 Å². The third-order valence-corrected chi connectivity index (χ3v) is 6.07. The molecule has 0 unspecified atom stereocenters. The van der Waals surface area contributed by atoms with E-state index in [-0.39, 0.29) is 12.5 Å². The summed E-state index contributed by atoms with van der Waals surface area (Å²) in [4.78, 5) is 23.1. The summed E-state index contributed by atoms with van der Waals surface area (Å²) < 4.78 is 144. The molecule has 0 aliphatic heterocycles. The summed E-state index contributed by atoms with van der Waals surface area (Å²) in [6, 6.07) is 1.29. The lowest BCUT2D eigenvalue weighted by Crippen LogP contribution is -2.51. The highest BCUT2D eigenvalue weighted by Crippen LogP contribution is 2.57. The molecule has 232 valence electrons. The SMILES string of the molecule is COC(=O)Nc1ccc2c(-c3nc(NCCCCN(C)C)ncc3C(F)(F)F)c[nH]c2c1C(F)(C(F)(F)F)C(F)(F)F. The fourth-order valence-electron chi connectivity index (χ4n) is 4.10. The molecule has 0 aliphatic rings. The maximum Gasteiger partial charge on any atom is 0.436 e. The molecule has 8 nitrogen and oxygen atoms in total. The molecule has 1 aromatic carbocycles. The standard InChI is InChI=1S/C24H24F10N6O2/c1-40(2)9-5-4-8-35-19-37-11-14(22(26,27)28)17(39-19)13-10-36-18-12(13)6-7-15(38-20(41)42-3)16(18)21(25,23(29,30)31)24(32,33)34/h6-7,10-11,36H,4-5,8-9H2,1-3H3,(H,38,41)(H,35,37,39). The molecule has 3 aromatic rings. The molecular weight excluding hydrogens is 594 g/mol. The number of nitrogens with one attached hydrogen (secondary N) is 3. The third kappa shape index (κ3) is 6.47. The van der Waals surface area contributed by atoms with Gasteiger partial charge in [-0.05, 0) is 39.5 Å². The van der Waals surface area contributed by atoms with E-state index in [2.05, 4.69) is 20.0 Å². The number of amides is 1. The normalized spacial score (nSPS) is 13.1.